The summed E-state index contributed by atoms with van der Waals surface area (Å²) in [5.74, 6) is 0. The molecule has 0 aliphatic carbocycles. The van der Waals surface area contributed by atoms with Gasteiger partial charge < -0.3 is 0 Å². The summed E-state index contributed by atoms with van der Waals surface area (Å²) in [4.78, 5) is 11.7. The van der Waals surface area contributed by atoms with Crippen LogP contribution in [-0.2, 0) is 14.8 Å². The van der Waals surface area contributed by atoms with Crippen molar-refractivity contribution in [2.24, 2.45) is 0 Å². The van der Waals surface area contributed by atoms with Crippen molar-refractivity contribution in [1.29, 1.82) is 0 Å². The Morgan fingerprint density at radius 1 is 1.21 bits per heavy atom. The van der Waals surface area contributed by atoms with Crippen molar-refractivity contribution < 1.29 is 14.8 Å². The van der Waals surface area contributed by atoms with Gasteiger partial charge in [-0.2, -0.15) is 4.89 Å². The molecule has 0 bridgehead atoms. The van der Waals surface area contributed by atoms with Crippen LogP contribution in [0.2, 0.25) is 0 Å². The smallest absolute Gasteiger partial charge is 0.237 e. The molecule has 0 spiro atoms. The number of alkyl halides is 1. The van der Waals surface area contributed by atoms with E-state index in [1.807, 2.05) is 0 Å². The van der Waals surface area contributed by atoms with E-state index >= 15 is 0 Å². The minimum atomic E-state index is -0.902. The molecule has 0 N–H and O–H groups in total. The van der Waals surface area contributed by atoms with Gasteiger partial charge in [0.1, 0.15) is 0 Å². The van der Waals surface area contributed by atoms with Crippen molar-refractivity contribution in [3.05, 3.63) is 0 Å². The van der Waals surface area contributed by atoms with Gasteiger partial charge in [0.25, 0.3) is 0 Å². The zero-order valence-electron chi connectivity index (χ0n) is 9.12. The number of hydrogen-bond acceptors (Lipinski definition) is 4. The average molecular weight is 224 g/mol. The first-order valence-electron chi connectivity index (χ1n) is 4.92. The number of nitrogens with zero attached hydrogens (tertiary/aromatic N) is 1. The third-order valence-corrected chi connectivity index (χ3v) is 2.65. The normalized spacial score (nSPS) is 29.1. The molecular weight excluding hydrogens is 206 g/mol. The SMILES string of the molecule is CC(C)N(C(C)C)C1(Cl)CCOOO1. The van der Waals surface area contributed by atoms with E-state index in [-0.39, 0.29) is 12.1 Å². The first kappa shape index (κ1) is 12.2. The highest BCUT2D eigenvalue weighted by atomic mass is 35.5. The van der Waals surface area contributed by atoms with Crippen LogP contribution >= 0.6 is 11.6 Å². The molecular formula is C9H18ClNO3. The lowest BCUT2D eigenvalue weighted by molar-refractivity contribution is -0.571. The first-order valence-corrected chi connectivity index (χ1v) is 5.30. The topological polar surface area (TPSA) is 30.9 Å². The summed E-state index contributed by atoms with van der Waals surface area (Å²) in [5.41, 5.74) is 0. The molecule has 0 aromatic carbocycles. The Balaban J connectivity index is 2.74. The maximum Gasteiger partial charge on any atom is 0.237 e. The van der Waals surface area contributed by atoms with E-state index in [0.29, 0.717) is 13.0 Å². The van der Waals surface area contributed by atoms with E-state index in [1.54, 1.807) is 0 Å². The quantitative estimate of drug-likeness (QED) is 0.417. The predicted octanol–water partition coefficient (Wildman–Crippen LogP) is 2.28. The molecule has 0 saturated carbocycles. The second-order valence-corrected chi connectivity index (χ2v) is 4.60. The van der Waals surface area contributed by atoms with Gasteiger partial charge in [0, 0.05) is 18.5 Å². The van der Waals surface area contributed by atoms with Gasteiger partial charge in [-0.15, -0.1) is 0 Å². The maximum absolute atomic E-state index is 6.33. The summed E-state index contributed by atoms with van der Waals surface area (Å²) in [6.45, 7) is 8.73. The molecule has 1 atom stereocenters. The molecule has 1 aliphatic rings. The lowest BCUT2D eigenvalue weighted by Gasteiger charge is -2.43. The summed E-state index contributed by atoms with van der Waals surface area (Å²) in [5, 5.41) is 3.59. The highest BCUT2D eigenvalue weighted by Crippen LogP contribution is 2.33. The van der Waals surface area contributed by atoms with Crippen molar-refractivity contribution in [2.75, 3.05) is 6.61 Å². The third-order valence-electron chi connectivity index (χ3n) is 2.20. The van der Waals surface area contributed by atoms with Crippen LogP contribution in [0.5, 0.6) is 0 Å². The lowest BCUT2D eigenvalue weighted by Crippen LogP contribution is -2.55. The zero-order valence-corrected chi connectivity index (χ0v) is 9.87. The molecule has 4 nitrogen and oxygen atoms in total. The molecule has 1 rings (SSSR count). The fourth-order valence-corrected chi connectivity index (χ4v) is 2.35. The van der Waals surface area contributed by atoms with Crippen LogP contribution in [0.4, 0.5) is 0 Å². The summed E-state index contributed by atoms with van der Waals surface area (Å²) in [7, 11) is 0. The summed E-state index contributed by atoms with van der Waals surface area (Å²) >= 11 is 6.33. The summed E-state index contributed by atoms with van der Waals surface area (Å²) in [6.07, 6.45) is 0.588. The fraction of sp³-hybridized carbons (Fsp3) is 1.00. The average Bonchev–Trinajstić information content (AvgIpc) is 2.02. The van der Waals surface area contributed by atoms with Crippen molar-refractivity contribution >= 4 is 11.6 Å². The standard InChI is InChI=1S/C9H18ClNO3/c1-7(2)11(8(3)4)9(10)5-6-12-14-13-9/h7-8H,5-6H2,1-4H3. The van der Waals surface area contributed by atoms with Gasteiger partial charge in [0.05, 0.1) is 6.61 Å². The highest BCUT2D eigenvalue weighted by Gasteiger charge is 2.42. The number of rotatable bonds is 3. The second kappa shape index (κ2) is 4.77. The van der Waals surface area contributed by atoms with Crippen LogP contribution in [0.1, 0.15) is 34.1 Å². The van der Waals surface area contributed by atoms with Crippen molar-refractivity contribution in [1.82, 2.24) is 4.90 Å². The van der Waals surface area contributed by atoms with Crippen molar-refractivity contribution in [3.8, 4) is 0 Å². The minimum Gasteiger partial charge on any atom is -0.255 e. The van der Waals surface area contributed by atoms with Gasteiger partial charge >= 0.3 is 0 Å². The first-order chi connectivity index (χ1) is 6.47. The molecule has 1 fully saturated rings. The predicted molar refractivity (Wildman–Crippen MR) is 53.4 cm³/mol. The second-order valence-electron chi connectivity index (χ2n) is 4.01. The Kier molecular flexibility index (Phi) is 4.15. The molecule has 0 amide bonds. The van der Waals surface area contributed by atoms with Crippen molar-refractivity contribution in [2.45, 2.75) is 51.4 Å². The fourth-order valence-electron chi connectivity index (χ4n) is 1.86. The van der Waals surface area contributed by atoms with Gasteiger partial charge in [-0.25, -0.2) is 4.89 Å². The van der Waals surface area contributed by atoms with Gasteiger partial charge in [-0.1, -0.05) is 16.6 Å². The van der Waals surface area contributed by atoms with Crippen LogP contribution in [-0.4, -0.2) is 28.8 Å². The summed E-state index contributed by atoms with van der Waals surface area (Å²) in [6, 6.07) is 0.573. The van der Waals surface area contributed by atoms with Gasteiger partial charge in [0.15, 0.2) is 0 Å². The van der Waals surface area contributed by atoms with Crippen LogP contribution in [0.3, 0.4) is 0 Å². The molecule has 0 aromatic rings. The van der Waals surface area contributed by atoms with E-state index < -0.39 is 5.18 Å². The third kappa shape index (κ3) is 2.58. The minimum absolute atomic E-state index is 0.286. The Bertz CT molecular complexity index is 173. The molecule has 1 unspecified atom stereocenters. The van der Waals surface area contributed by atoms with E-state index in [4.69, 9.17) is 16.5 Å². The van der Waals surface area contributed by atoms with Crippen molar-refractivity contribution in [3.63, 3.8) is 0 Å². The van der Waals surface area contributed by atoms with Crippen LogP contribution in [0, 0.1) is 0 Å². The van der Waals surface area contributed by atoms with Gasteiger partial charge in [-0.05, 0) is 27.7 Å². The molecule has 5 heteroatoms. The van der Waals surface area contributed by atoms with Crippen LogP contribution in [0.25, 0.3) is 0 Å². The number of halogens is 1. The monoisotopic (exact) mass is 223 g/mol. The zero-order chi connectivity index (χ0) is 10.8. The Morgan fingerprint density at radius 2 is 1.79 bits per heavy atom. The Labute approximate surface area is 89.9 Å². The highest BCUT2D eigenvalue weighted by molar-refractivity contribution is 6.22. The molecule has 84 valence electrons. The summed E-state index contributed by atoms with van der Waals surface area (Å²) < 4.78 is 0. The maximum atomic E-state index is 6.33. The molecule has 0 radical (unpaired) electrons. The van der Waals surface area contributed by atoms with Gasteiger partial charge in [-0.3, -0.25) is 4.90 Å². The molecule has 1 aliphatic heterocycles. The Morgan fingerprint density at radius 3 is 2.14 bits per heavy atom. The molecule has 1 saturated heterocycles. The van der Waals surface area contributed by atoms with E-state index in [1.165, 1.54) is 0 Å². The van der Waals surface area contributed by atoms with Gasteiger partial charge in [0.2, 0.25) is 5.18 Å². The van der Waals surface area contributed by atoms with Crippen LogP contribution in [0.15, 0.2) is 0 Å². The molecule has 1 heterocycles. The van der Waals surface area contributed by atoms with E-state index in [9.17, 15) is 0 Å². The van der Waals surface area contributed by atoms with E-state index in [2.05, 4.69) is 42.5 Å². The largest absolute Gasteiger partial charge is 0.255 e. The molecule has 0 aromatic heterocycles. The Hall–Kier alpha value is 0.130. The van der Waals surface area contributed by atoms with E-state index in [0.717, 1.165) is 0 Å². The number of hydrogen-bond donors (Lipinski definition) is 0. The van der Waals surface area contributed by atoms with Crippen LogP contribution < -0.4 is 0 Å². The molecule has 14 heavy (non-hydrogen) atoms. The lowest BCUT2D eigenvalue weighted by atomic mass is 10.2.